The highest BCUT2D eigenvalue weighted by atomic mass is 16.5. The molecule has 3 aliphatic rings. The molecule has 0 saturated carbocycles. The SMILES string of the molecule is COc1ccc2c(c1O)OC(C)(C)[C@@H]1C2=CC[C@@H]2C(=O)NC(=O)[C@@H]21. The first-order valence-electron chi connectivity index (χ1n) is 7.99. The van der Waals surface area contributed by atoms with Gasteiger partial charge in [-0.1, -0.05) is 6.08 Å². The van der Waals surface area contributed by atoms with Gasteiger partial charge in [-0.15, -0.1) is 0 Å². The summed E-state index contributed by atoms with van der Waals surface area (Å²) in [5, 5.41) is 12.9. The van der Waals surface area contributed by atoms with Crippen LogP contribution in [-0.2, 0) is 9.59 Å². The number of carbonyl (C=O) groups excluding carboxylic acids is 2. The van der Waals surface area contributed by atoms with Gasteiger partial charge in [-0.3, -0.25) is 14.9 Å². The van der Waals surface area contributed by atoms with Gasteiger partial charge in [-0.2, -0.15) is 0 Å². The number of fused-ring (bicyclic) bond motifs is 5. The molecule has 4 rings (SSSR count). The fraction of sp³-hybridized carbons (Fsp3) is 0.444. The van der Waals surface area contributed by atoms with Gasteiger partial charge >= 0.3 is 0 Å². The molecule has 0 spiro atoms. The third kappa shape index (κ3) is 1.82. The number of imide groups is 1. The molecule has 2 heterocycles. The van der Waals surface area contributed by atoms with Crippen LogP contribution in [0.1, 0.15) is 25.8 Å². The zero-order valence-electron chi connectivity index (χ0n) is 13.8. The molecule has 6 nitrogen and oxygen atoms in total. The van der Waals surface area contributed by atoms with Crippen LogP contribution in [0.3, 0.4) is 0 Å². The number of allylic oxidation sites excluding steroid dienone is 1. The Kier molecular flexibility index (Phi) is 2.98. The Balaban J connectivity index is 1.91. The average Bonchev–Trinajstić information content (AvgIpc) is 2.82. The monoisotopic (exact) mass is 329 g/mol. The molecule has 3 atom stereocenters. The lowest BCUT2D eigenvalue weighted by Gasteiger charge is -2.46. The fourth-order valence-corrected chi connectivity index (χ4v) is 4.31. The van der Waals surface area contributed by atoms with E-state index in [0.717, 1.165) is 11.1 Å². The van der Waals surface area contributed by atoms with Crippen LogP contribution in [0.5, 0.6) is 17.2 Å². The van der Waals surface area contributed by atoms with Crippen LogP contribution in [0.25, 0.3) is 5.57 Å². The van der Waals surface area contributed by atoms with Crippen LogP contribution >= 0.6 is 0 Å². The Morgan fingerprint density at radius 2 is 2.04 bits per heavy atom. The molecule has 1 aliphatic carbocycles. The molecule has 2 aliphatic heterocycles. The van der Waals surface area contributed by atoms with E-state index >= 15 is 0 Å². The summed E-state index contributed by atoms with van der Waals surface area (Å²) in [5.41, 5.74) is 0.960. The maximum atomic E-state index is 12.4. The molecule has 6 heteroatoms. The number of amides is 2. The van der Waals surface area contributed by atoms with Gasteiger partial charge in [0.25, 0.3) is 0 Å². The molecule has 1 saturated heterocycles. The fourth-order valence-electron chi connectivity index (χ4n) is 4.31. The number of methoxy groups -OCH3 is 1. The number of ether oxygens (including phenoxy) is 2. The van der Waals surface area contributed by atoms with Crippen molar-refractivity contribution in [3.63, 3.8) is 0 Å². The molecular weight excluding hydrogens is 310 g/mol. The highest BCUT2D eigenvalue weighted by Crippen LogP contribution is 2.56. The zero-order chi connectivity index (χ0) is 17.2. The molecule has 24 heavy (non-hydrogen) atoms. The number of hydrogen-bond donors (Lipinski definition) is 2. The van der Waals surface area contributed by atoms with Crippen molar-refractivity contribution < 1.29 is 24.2 Å². The topological polar surface area (TPSA) is 84.9 Å². The van der Waals surface area contributed by atoms with Crippen molar-refractivity contribution in [2.24, 2.45) is 17.8 Å². The van der Waals surface area contributed by atoms with E-state index in [-0.39, 0.29) is 29.4 Å². The van der Waals surface area contributed by atoms with Gasteiger partial charge in [0.1, 0.15) is 5.60 Å². The van der Waals surface area contributed by atoms with E-state index < -0.39 is 11.5 Å². The minimum Gasteiger partial charge on any atom is -0.502 e. The normalized spacial score (nSPS) is 29.6. The lowest BCUT2D eigenvalue weighted by Crippen LogP contribution is -2.49. The highest BCUT2D eigenvalue weighted by Gasteiger charge is 2.56. The predicted octanol–water partition coefficient (Wildman–Crippen LogP) is 1.86. The van der Waals surface area contributed by atoms with Crippen LogP contribution in [0.15, 0.2) is 18.2 Å². The predicted molar refractivity (Wildman–Crippen MR) is 85.6 cm³/mol. The van der Waals surface area contributed by atoms with Crippen LogP contribution in [0, 0.1) is 17.8 Å². The number of phenols is 1. The second-order valence-electron chi connectivity index (χ2n) is 7.06. The molecular formula is C18H19NO5. The van der Waals surface area contributed by atoms with Crippen molar-refractivity contribution in [3.05, 3.63) is 23.8 Å². The molecule has 2 amide bonds. The molecule has 126 valence electrons. The van der Waals surface area contributed by atoms with E-state index in [1.165, 1.54) is 7.11 Å². The summed E-state index contributed by atoms with van der Waals surface area (Å²) >= 11 is 0. The first-order chi connectivity index (χ1) is 11.3. The molecule has 1 fully saturated rings. The van der Waals surface area contributed by atoms with Crippen molar-refractivity contribution in [1.29, 1.82) is 0 Å². The third-order valence-corrected chi connectivity index (χ3v) is 5.34. The number of carbonyl (C=O) groups is 2. The number of aromatic hydroxyl groups is 1. The minimum absolute atomic E-state index is 0.0449. The van der Waals surface area contributed by atoms with E-state index in [9.17, 15) is 14.7 Å². The van der Waals surface area contributed by atoms with Crippen molar-refractivity contribution in [2.75, 3.05) is 7.11 Å². The zero-order valence-corrected chi connectivity index (χ0v) is 13.8. The maximum Gasteiger partial charge on any atom is 0.231 e. The standard InChI is InChI=1S/C18H19NO5/c1-18(2)13-8(4-5-10-12(13)17(22)19-16(10)21)9-6-7-11(23-3)14(20)15(9)24-18/h4,6-7,10,12-13,20H,5H2,1-3H3,(H,19,21,22)/t10-,12-,13+/m0/s1. The van der Waals surface area contributed by atoms with Crippen molar-refractivity contribution in [3.8, 4) is 17.2 Å². The number of benzene rings is 1. The summed E-state index contributed by atoms with van der Waals surface area (Å²) in [6.07, 6.45) is 2.51. The molecule has 1 aromatic carbocycles. The van der Waals surface area contributed by atoms with E-state index in [1.54, 1.807) is 6.07 Å². The van der Waals surface area contributed by atoms with Crippen LogP contribution in [0.2, 0.25) is 0 Å². The molecule has 0 unspecified atom stereocenters. The number of nitrogens with one attached hydrogen (secondary N) is 1. The Morgan fingerprint density at radius 3 is 2.75 bits per heavy atom. The van der Waals surface area contributed by atoms with E-state index in [0.29, 0.717) is 17.9 Å². The minimum atomic E-state index is -0.742. The first-order valence-corrected chi connectivity index (χ1v) is 7.99. The lowest BCUT2D eigenvalue weighted by atomic mass is 9.64. The van der Waals surface area contributed by atoms with Gasteiger partial charge in [-0.05, 0) is 38.0 Å². The second-order valence-corrected chi connectivity index (χ2v) is 7.06. The highest BCUT2D eigenvalue weighted by molar-refractivity contribution is 6.07. The van der Waals surface area contributed by atoms with E-state index in [1.807, 2.05) is 26.0 Å². The molecule has 0 aromatic heterocycles. The molecule has 2 N–H and O–H groups in total. The Labute approximate surface area is 139 Å². The summed E-state index contributed by atoms with van der Waals surface area (Å²) in [5.74, 6) is -0.819. The Morgan fingerprint density at radius 1 is 1.29 bits per heavy atom. The van der Waals surface area contributed by atoms with Crippen molar-refractivity contribution in [1.82, 2.24) is 5.32 Å². The number of rotatable bonds is 1. The van der Waals surface area contributed by atoms with Gasteiger partial charge in [0.2, 0.25) is 17.6 Å². The molecule has 0 radical (unpaired) electrons. The van der Waals surface area contributed by atoms with Crippen LogP contribution in [-0.4, -0.2) is 29.6 Å². The third-order valence-electron chi connectivity index (χ3n) is 5.34. The average molecular weight is 329 g/mol. The lowest BCUT2D eigenvalue weighted by molar-refractivity contribution is -0.127. The second kappa shape index (κ2) is 4.75. The summed E-state index contributed by atoms with van der Waals surface area (Å²) < 4.78 is 11.2. The summed E-state index contributed by atoms with van der Waals surface area (Å²) in [7, 11) is 1.48. The number of phenolic OH excluding ortho intramolecular Hbond substituents is 1. The van der Waals surface area contributed by atoms with Gasteiger partial charge < -0.3 is 14.6 Å². The molecule has 0 bridgehead atoms. The van der Waals surface area contributed by atoms with Gasteiger partial charge in [0.15, 0.2) is 11.5 Å². The van der Waals surface area contributed by atoms with Gasteiger partial charge in [0.05, 0.1) is 18.9 Å². The number of hydrogen-bond acceptors (Lipinski definition) is 5. The first kappa shape index (κ1) is 15.1. The van der Waals surface area contributed by atoms with Crippen molar-refractivity contribution in [2.45, 2.75) is 25.9 Å². The van der Waals surface area contributed by atoms with Gasteiger partial charge in [0, 0.05) is 11.5 Å². The Hall–Kier alpha value is -2.50. The summed E-state index contributed by atoms with van der Waals surface area (Å²) in [4.78, 5) is 24.4. The largest absolute Gasteiger partial charge is 0.502 e. The van der Waals surface area contributed by atoms with E-state index in [4.69, 9.17) is 9.47 Å². The van der Waals surface area contributed by atoms with Crippen LogP contribution in [0.4, 0.5) is 0 Å². The quantitative estimate of drug-likeness (QED) is 0.768. The summed E-state index contributed by atoms with van der Waals surface area (Å²) in [6.45, 7) is 3.76. The van der Waals surface area contributed by atoms with Gasteiger partial charge in [-0.25, -0.2) is 0 Å². The van der Waals surface area contributed by atoms with E-state index in [2.05, 4.69) is 5.32 Å². The summed E-state index contributed by atoms with van der Waals surface area (Å²) in [6, 6.07) is 3.51. The molecule has 1 aromatic rings. The van der Waals surface area contributed by atoms with Crippen LogP contribution < -0.4 is 14.8 Å². The maximum absolute atomic E-state index is 12.4. The Bertz CT molecular complexity index is 795. The van der Waals surface area contributed by atoms with Crippen molar-refractivity contribution >= 4 is 17.4 Å². The smallest absolute Gasteiger partial charge is 0.231 e.